The van der Waals surface area contributed by atoms with Crippen LogP contribution in [0.4, 0.5) is 5.69 Å². The molecule has 1 saturated heterocycles. The highest BCUT2D eigenvalue weighted by Crippen LogP contribution is 2.26. The first-order chi connectivity index (χ1) is 11.5. The summed E-state index contributed by atoms with van der Waals surface area (Å²) in [5.74, 6) is 0.332. The highest BCUT2D eigenvalue weighted by atomic mass is 35.5. The van der Waals surface area contributed by atoms with Gasteiger partial charge in [-0.15, -0.1) is 0 Å². The molecule has 0 saturated carbocycles. The maximum absolute atomic E-state index is 12.5. The maximum atomic E-state index is 12.5. The molecule has 0 bridgehead atoms. The quantitative estimate of drug-likeness (QED) is 0.862. The molecule has 1 fully saturated rings. The fraction of sp³-hybridized carbons (Fsp3) is 0.579. The molecule has 2 rings (SSSR count). The fourth-order valence-corrected chi connectivity index (χ4v) is 3.41. The number of carbonyl (C=O) groups excluding carboxylic acids is 2. The molecule has 0 atom stereocenters. The summed E-state index contributed by atoms with van der Waals surface area (Å²) in [4.78, 5) is 26.8. The minimum atomic E-state index is -0.0471. The molecular weight excluding hydrogens is 324 g/mol. The lowest BCUT2D eigenvalue weighted by Gasteiger charge is -2.33. The van der Waals surface area contributed by atoms with Crippen LogP contribution in [0.3, 0.4) is 0 Å². The molecule has 1 heterocycles. The molecule has 5 heteroatoms. The van der Waals surface area contributed by atoms with E-state index in [1.165, 1.54) is 0 Å². The standard InChI is InChI=1S/C19H27ClN2O2/c1-4-14(5-2)19(24)22-11-9-15(10-12-22)18(23)21-17-8-6-7-16(20)13(17)3/h6-8,14-15H,4-5,9-12H2,1-3H3,(H,21,23). The molecule has 1 aliphatic heterocycles. The zero-order valence-electron chi connectivity index (χ0n) is 14.8. The minimum Gasteiger partial charge on any atom is -0.342 e. The van der Waals surface area contributed by atoms with Crippen LogP contribution >= 0.6 is 11.6 Å². The van der Waals surface area contributed by atoms with Crippen LogP contribution in [-0.2, 0) is 9.59 Å². The molecule has 1 aromatic rings. The minimum absolute atomic E-state index is 0.0231. The molecule has 1 aromatic carbocycles. The number of piperidine rings is 1. The van der Waals surface area contributed by atoms with Gasteiger partial charge in [0.15, 0.2) is 0 Å². The molecule has 2 amide bonds. The van der Waals surface area contributed by atoms with Crippen molar-refractivity contribution in [1.29, 1.82) is 0 Å². The number of rotatable bonds is 5. The van der Waals surface area contributed by atoms with Gasteiger partial charge in [0.05, 0.1) is 0 Å². The van der Waals surface area contributed by atoms with Crippen molar-refractivity contribution < 1.29 is 9.59 Å². The Hall–Kier alpha value is -1.55. The normalized spacial score (nSPS) is 15.6. The Bertz CT molecular complexity index is 591. The molecule has 0 radical (unpaired) electrons. The van der Waals surface area contributed by atoms with Crippen LogP contribution in [0, 0.1) is 18.8 Å². The van der Waals surface area contributed by atoms with Crippen molar-refractivity contribution in [3.8, 4) is 0 Å². The molecule has 0 aliphatic carbocycles. The van der Waals surface area contributed by atoms with E-state index in [1.807, 2.05) is 30.0 Å². The third-order valence-corrected chi connectivity index (χ3v) is 5.45. The highest BCUT2D eigenvalue weighted by molar-refractivity contribution is 6.31. The van der Waals surface area contributed by atoms with E-state index in [9.17, 15) is 9.59 Å². The summed E-state index contributed by atoms with van der Waals surface area (Å²) in [6, 6.07) is 5.52. The van der Waals surface area contributed by atoms with Crippen molar-refractivity contribution >= 4 is 29.1 Å². The van der Waals surface area contributed by atoms with Crippen molar-refractivity contribution in [2.75, 3.05) is 18.4 Å². The van der Waals surface area contributed by atoms with Gasteiger partial charge in [-0.25, -0.2) is 0 Å². The van der Waals surface area contributed by atoms with E-state index in [1.54, 1.807) is 0 Å². The number of likely N-dealkylation sites (tertiary alicyclic amines) is 1. The SMILES string of the molecule is CCC(CC)C(=O)N1CCC(C(=O)Nc2cccc(Cl)c2C)CC1. The molecule has 132 valence electrons. The second-order valence-corrected chi connectivity index (χ2v) is 6.92. The van der Waals surface area contributed by atoms with Crippen molar-refractivity contribution in [2.45, 2.75) is 46.5 Å². The van der Waals surface area contributed by atoms with Crippen LogP contribution < -0.4 is 5.32 Å². The lowest BCUT2D eigenvalue weighted by Crippen LogP contribution is -2.43. The molecule has 4 nitrogen and oxygen atoms in total. The van der Waals surface area contributed by atoms with Gasteiger partial charge in [0.2, 0.25) is 11.8 Å². The number of benzene rings is 1. The van der Waals surface area contributed by atoms with E-state index in [4.69, 9.17) is 11.6 Å². The number of carbonyl (C=O) groups is 2. The molecule has 0 aromatic heterocycles. The van der Waals surface area contributed by atoms with E-state index in [-0.39, 0.29) is 23.7 Å². The van der Waals surface area contributed by atoms with Crippen molar-refractivity contribution in [3.05, 3.63) is 28.8 Å². The predicted octanol–water partition coefficient (Wildman–Crippen LogP) is 4.26. The highest BCUT2D eigenvalue weighted by Gasteiger charge is 2.29. The van der Waals surface area contributed by atoms with Gasteiger partial charge in [-0.05, 0) is 50.3 Å². The first kappa shape index (κ1) is 18.8. The van der Waals surface area contributed by atoms with Crippen LogP contribution in [0.1, 0.15) is 45.1 Å². The Morgan fingerprint density at radius 3 is 2.46 bits per heavy atom. The predicted molar refractivity (Wildman–Crippen MR) is 98.2 cm³/mol. The third-order valence-electron chi connectivity index (χ3n) is 5.04. The number of amides is 2. The van der Waals surface area contributed by atoms with Crippen LogP contribution in [0.5, 0.6) is 0 Å². The molecule has 0 unspecified atom stereocenters. The number of anilines is 1. The topological polar surface area (TPSA) is 49.4 Å². The van der Waals surface area contributed by atoms with Gasteiger partial charge in [0.1, 0.15) is 0 Å². The lowest BCUT2D eigenvalue weighted by molar-refractivity contribution is -0.138. The summed E-state index contributed by atoms with van der Waals surface area (Å²) in [6.45, 7) is 7.35. The largest absolute Gasteiger partial charge is 0.342 e. The van der Waals surface area contributed by atoms with Crippen LogP contribution in [0.25, 0.3) is 0 Å². The number of hydrogen-bond donors (Lipinski definition) is 1. The lowest BCUT2D eigenvalue weighted by atomic mass is 9.93. The second-order valence-electron chi connectivity index (χ2n) is 6.51. The van der Waals surface area contributed by atoms with Crippen molar-refractivity contribution in [3.63, 3.8) is 0 Å². The van der Waals surface area contributed by atoms with Crippen molar-refractivity contribution in [2.24, 2.45) is 11.8 Å². The molecule has 1 aliphatic rings. The van der Waals surface area contributed by atoms with Gasteiger partial charge < -0.3 is 10.2 Å². The maximum Gasteiger partial charge on any atom is 0.227 e. The average molecular weight is 351 g/mol. The summed E-state index contributed by atoms with van der Waals surface area (Å²) in [5.41, 5.74) is 1.65. The Morgan fingerprint density at radius 2 is 1.88 bits per heavy atom. The first-order valence-corrected chi connectivity index (χ1v) is 9.20. The van der Waals surface area contributed by atoms with Gasteiger partial charge in [-0.1, -0.05) is 31.5 Å². The number of nitrogens with one attached hydrogen (secondary N) is 1. The summed E-state index contributed by atoms with van der Waals surface area (Å²) < 4.78 is 0. The zero-order chi connectivity index (χ0) is 17.7. The van der Waals surface area contributed by atoms with Gasteiger partial charge >= 0.3 is 0 Å². The monoisotopic (exact) mass is 350 g/mol. The molecular formula is C19H27ClN2O2. The van der Waals surface area contributed by atoms with E-state index in [0.29, 0.717) is 18.1 Å². The first-order valence-electron chi connectivity index (χ1n) is 8.82. The summed E-state index contributed by atoms with van der Waals surface area (Å²) >= 11 is 6.10. The van der Waals surface area contributed by atoms with Gasteiger partial charge in [-0.2, -0.15) is 0 Å². The Kier molecular flexibility index (Phi) is 6.67. The summed E-state index contributed by atoms with van der Waals surface area (Å²) in [7, 11) is 0. The smallest absolute Gasteiger partial charge is 0.227 e. The van der Waals surface area contributed by atoms with Crippen LogP contribution in [-0.4, -0.2) is 29.8 Å². The summed E-state index contributed by atoms with van der Waals surface area (Å²) in [5, 5.41) is 3.63. The summed E-state index contributed by atoms with van der Waals surface area (Å²) in [6.07, 6.45) is 3.20. The van der Waals surface area contributed by atoms with Gasteiger partial charge in [-0.3, -0.25) is 9.59 Å². The fourth-order valence-electron chi connectivity index (χ4n) is 3.24. The Morgan fingerprint density at radius 1 is 1.25 bits per heavy atom. The molecule has 1 N–H and O–H groups in total. The van der Waals surface area contributed by atoms with E-state index in [0.717, 1.165) is 36.9 Å². The van der Waals surface area contributed by atoms with Crippen molar-refractivity contribution in [1.82, 2.24) is 4.90 Å². The number of halogens is 1. The van der Waals surface area contributed by atoms with Crippen LogP contribution in [0.15, 0.2) is 18.2 Å². The average Bonchev–Trinajstić information content (AvgIpc) is 2.60. The number of nitrogens with zero attached hydrogens (tertiary/aromatic N) is 1. The Labute approximate surface area is 149 Å². The van der Waals surface area contributed by atoms with Crippen LogP contribution in [0.2, 0.25) is 5.02 Å². The van der Waals surface area contributed by atoms with Gasteiger partial charge in [0.25, 0.3) is 0 Å². The second kappa shape index (κ2) is 8.52. The molecule has 24 heavy (non-hydrogen) atoms. The Balaban J connectivity index is 1.91. The van der Waals surface area contributed by atoms with E-state index in [2.05, 4.69) is 19.2 Å². The van der Waals surface area contributed by atoms with E-state index < -0.39 is 0 Å². The molecule has 0 spiro atoms. The third kappa shape index (κ3) is 4.29. The van der Waals surface area contributed by atoms with E-state index >= 15 is 0 Å². The zero-order valence-corrected chi connectivity index (χ0v) is 15.5. The van der Waals surface area contributed by atoms with Gasteiger partial charge in [0, 0.05) is 35.6 Å². The number of hydrogen-bond acceptors (Lipinski definition) is 2.